The Labute approximate surface area is 222 Å². The average molecular weight is 522 g/mol. The Kier molecular flexibility index (Phi) is 6.83. The van der Waals surface area contributed by atoms with Crippen LogP contribution in [-0.2, 0) is 9.53 Å². The Hall–Kier alpha value is -5.38. The minimum atomic E-state index is -0.657. The lowest BCUT2D eigenvalue weighted by Crippen LogP contribution is -2.16. The molecule has 0 saturated carbocycles. The van der Waals surface area contributed by atoms with E-state index in [1.807, 2.05) is 49.4 Å². The van der Waals surface area contributed by atoms with Gasteiger partial charge in [-0.05, 0) is 49.8 Å². The van der Waals surface area contributed by atoms with Gasteiger partial charge in [0.2, 0.25) is 5.91 Å². The lowest BCUT2D eigenvalue weighted by Gasteiger charge is -2.12. The fourth-order valence-corrected chi connectivity index (χ4v) is 4.18. The van der Waals surface area contributed by atoms with Crippen LogP contribution in [0.3, 0.4) is 0 Å². The van der Waals surface area contributed by atoms with Crippen LogP contribution in [0.2, 0.25) is 0 Å². The number of esters is 1. The Morgan fingerprint density at radius 3 is 2.44 bits per heavy atom. The Morgan fingerprint density at radius 1 is 1.03 bits per heavy atom. The van der Waals surface area contributed by atoms with Crippen LogP contribution < -0.4 is 5.32 Å². The Bertz CT molecular complexity index is 1770. The molecule has 5 rings (SSSR count). The molecule has 0 bridgehead atoms. The Balaban J connectivity index is 1.68. The van der Waals surface area contributed by atoms with Gasteiger partial charge in [-0.3, -0.25) is 19.5 Å². The maximum absolute atomic E-state index is 13.2. The van der Waals surface area contributed by atoms with Crippen LogP contribution in [0.4, 0.5) is 11.5 Å². The molecule has 2 aromatic heterocycles. The third-order valence-corrected chi connectivity index (χ3v) is 5.98. The van der Waals surface area contributed by atoms with Crippen molar-refractivity contribution in [1.82, 2.24) is 14.5 Å². The largest absolute Gasteiger partial charge is 0.462 e. The number of nitro benzene ring substituents is 1. The van der Waals surface area contributed by atoms with Crippen LogP contribution in [0, 0.1) is 17.0 Å². The minimum Gasteiger partial charge on any atom is -0.462 e. The number of nitro groups is 1. The first-order chi connectivity index (χ1) is 18.9. The van der Waals surface area contributed by atoms with E-state index in [4.69, 9.17) is 14.7 Å². The van der Waals surface area contributed by atoms with Gasteiger partial charge in [-0.25, -0.2) is 14.8 Å². The smallest absolute Gasteiger partial charge is 0.344 e. The molecule has 5 aromatic rings. The highest BCUT2D eigenvalue weighted by Gasteiger charge is 2.28. The molecular weight excluding hydrogens is 498 g/mol. The van der Waals surface area contributed by atoms with Gasteiger partial charge in [0, 0.05) is 23.9 Å². The number of nitrogens with one attached hydrogen (secondary N) is 1. The second-order valence-electron chi connectivity index (χ2n) is 8.67. The number of rotatable bonds is 7. The van der Waals surface area contributed by atoms with Crippen molar-refractivity contribution < 1.29 is 19.2 Å². The molecule has 1 amide bonds. The second kappa shape index (κ2) is 10.5. The summed E-state index contributed by atoms with van der Waals surface area (Å²) in [5.41, 5.74) is 4.00. The van der Waals surface area contributed by atoms with Gasteiger partial charge in [-0.1, -0.05) is 42.0 Å². The van der Waals surface area contributed by atoms with Crippen molar-refractivity contribution in [3.05, 3.63) is 106 Å². The standard InChI is InChI=1S/C29H23N5O5/c1-3-39-29(36)25-26-28(31-23-10-5-4-9-22(23)30-26)33(20-14-11-18(2)12-15-20)27(25)32-24(35)16-13-19-7-6-8-21(17-19)34(37)38/h4-17H,3H2,1-2H3,(H,32,35)/b16-13+. The number of amides is 1. The van der Waals surface area contributed by atoms with Crippen LogP contribution in [0.25, 0.3) is 34.0 Å². The number of para-hydroxylation sites is 2. The molecule has 10 heteroatoms. The Morgan fingerprint density at radius 2 is 1.74 bits per heavy atom. The molecule has 0 spiro atoms. The summed E-state index contributed by atoms with van der Waals surface area (Å²) in [7, 11) is 0. The van der Waals surface area contributed by atoms with E-state index in [0.717, 1.165) is 5.56 Å². The number of carbonyl (C=O) groups is 2. The molecule has 1 N–H and O–H groups in total. The molecule has 0 aliphatic rings. The van der Waals surface area contributed by atoms with Gasteiger partial charge in [0.1, 0.15) is 16.9 Å². The number of hydrogen-bond donors (Lipinski definition) is 1. The first-order valence-electron chi connectivity index (χ1n) is 12.1. The fourth-order valence-electron chi connectivity index (χ4n) is 4.18. The van der Waals surface area contributed by atoms with Crippen molar-refractivity contribution >= 4 is 51.7 Å². The molecule has 3 aromatic carbocycles. The van der Waals surface area contributed by atoms with Crippen molar-refractivity contribution in [2.45, 2.75) is 13.8 Å². The maximum Gasteiger partial charge on any atom is 0.344 e. The van der Waals surface area contributed by atoms with Crippen LogP contribution in [0.1, 0.15) is 28.4 Å². The highest BCUT2D eigenvalue weighted by Crippen LogP contribution is 2.33. The number of fused-ring (bicyclic) bond motifs is 2. The summed E-state index contributed by atoms with van der Waals surface area (Å²) in [6.07, 6.45) is 2.69. The molecule has 0 fully saturated rings. The van der Waals surface area contributed by atoms with Crippen LogP contribution in [0.5, 0.6) is 0 Å². The summed E-state index contributed by atoms with van der Waals surface area (Å²) in [5, 5.41) is 13.9. The van der Waals surface area contributed by atoms with Crippen molar-refractivity contribution in [3.63, 3.8) is 0 Å². The summed E-state index contributed by atoms with van der Waals surface area (Å²) < 4.78 is 7.02. The average Bonchev–Trinajstić information content (AvgIpc) is 3.23. The SMILES string of the molecule is CCOC(=O)c1c(NC(=O)/C=C/c2cccc([N+](=O)[O-])c2)n(-c2ccc(C)cc2)c2nc3ccccc3nc12. The third-order valence-electron chi connectivity index (χ3n) is 5.98. The summed E-state index contributed by atoms with van der Waals surface area (Å²) in [6.45, 7) is 3.77. The zero-order chi connectivity index (χ0) is 27.5. The van der Waals surface area contributed by atoms with E-state index in [1.54, 1.807) is 23.6 Å². The van der Waals surface area contributed by atoms with E-state index in [-0.39, 0.29) is 29.2 Å². The number of hydrogen-bond acceptors (Lipinski definition) is 7. The van der Waals surface area contributed by atoms with Gasteiger partial charge in [0.15, 0.2) is 5.65 Å². The van der Waals surface area contributed by atoms with E-state index < -0.39 is 16.8 Å². The second-order valence-corrected chi connectivity index (χ2v) is 8.67. The van der Waals surface area contributed by atoms with E-state index >= 15 is 0 Å². The van der Waals surface area contributed by atoms with Crippen LogP contribution in [-0.4, -0.2) is 37.9 Å². The number of anilines is 1. The molecule has 10 nitrogen and oxygen atoms in total. The molecular formula is C29H23N5O5. The van der Waals surface area contributed by atoms with E-state index in [2.05, 4.69) is 5.32 Å². The zero-order valence-electron chi connectivity index (χ0n) is 21.1. The predicted molar refractivity (Wildman–Crippen MR) is 148 cm³/mol. The maximum atomic E-state index is 13.2. The fraction of sp³-hybridized carbons (Fsp3) is 0.103. The first kappa shape index (κ1) is 25.3. The topological polar surface area (TPSA) is 129 Å². The molecule has 194 valence electrons. The van der Waals surface area contributed by atoms with Gasteiger partial charge < -0.3 is 10.1 Å². The summed E-state index contributed by atoms with van der Waals surface area (Å²) in [6, 6.07) is 20.7. The van der Waals surface area contributed by atoms with Crippen molar-refractivity contribution in [2.24, 2.45) is 0 Å². The van der Waals surface area contributed by atoms with Crippen LogP contribution >= 0.6 is 0 Å². The van der Waals surface area contributed by atoms with E-state index in [0.29, 0.717) is 27.9 Å². The molecule has 39 heavy (non-hydrogen) atoms. The lowest BCUT2D eigenvalue weighted by molar-refractivity contribution is -0.384. The first-order valence-corrected chi connectivity index (χ1v) is 12.1. The third kappa shape index (κ3) is 5.08. The summed E-state index contributed by atoms with van der Waals surface area (Å²) in [4.78, 5) is 46.5. The molecule has 2 heterocycles. The molecule has 0 atom stereocenters. The quantitative estimate of drug-likeness (QED) is 0.127. The minimum absolute atomic E-state index is 0.0720. The number of nitrogens with zero attached hydrogens (tertiary/aromatic N) is 4. The molecule has 0 unspecified atom stereocenters. The van der Waals surface area contributed by atoms with Gasteiger partial charge in [0.05, 0.1) is 22.6 Å². The highest BCUT2D eigenvalue weighted by atomic mass is 16.6. The predicted octanol–water partition coefficient (Wildman–Crippen LogP) is 5.62. The molecule has 0 radical (unpaired) electrons. The highest BCUT2D eigenvalue weighted by molar-refractivity contribution is 6.13. The van der Waals surface area contributed by atoms with Gasteiger partial charge >= 0.3 is 5.97 Å². The number of carbonyl (C=O) groups excluding carboxylic acids is 2. The van der Waals surface area contributed by atoms with Gasteiger partial charge in [0.25, 0.3) is 5.69 Å². The number of benzene rings is 3. The molecule has 0 aliphatic carbocycles. The number of ether oxygens (including phenoxy) is 1. The van der Waals surface area contributed by atoms with Crippen molar-refractivity contribution in [3.8, 4) is 5.69 Å². The van der Waals surface area contributed by atoms with Crippen molar-refractivity contribution in [1.29, 1.82) is 0 Å². The lowest BCUT2D eigenvalue weighted by atomic mass is 10.2. The molecule has 0 aliphatic heterocycles. The number of aryl methyl sites for hydroxylation is 1. The number of non-ortho nitro benzene ring substituents is 1. The van der Waals surface area contributed by atoms with Crippen molar-refractivity contribution in [2.75, 3.05) is 11.9 Å². The summed E-state index contributed by atoms with van der Waals surface area (Å²) >= 11 is 0. The number of aromatic nitrogens is 3. The van der Waals surface area contributed by atoms with E-state index in [1.165, 1.54) is 30.4 Å². The van der Waals surface area contributed by atoms with Gasteiger partial charge in [-0.2, -0.15) is 0 Å². The molecule has 0 saturated heterocycles. The van der Waals surface area contributed by atoms with Gasteiger partial charge in [-0.15, -0.1) is 0 Å². The summed E-state index contributed by atoms with van der Waals surface area (Å²) in [5.74, 6) is -1.07. The monoisotopic (exact) mass is 521 g/mol. The zero-order valence-corrected chi connectivity index (χ0v) is 21.1. The van der Waals surface area contributed by atoms with E-state index in [9.17, 15) is 19.7 Å². The normalized spacial score (nSPS) is 11.2. The van der Waals surface area contributed by atoms with Crippen LogP contribution in [0.15, 0.2) is 78.9 Å².